The molecule has 1 aromatic carbocycles. The Labute approximate surface area is 252 Å². The van der Waals surface area contributed by atoms with Crippen molar-refractivity contribution in [3.05, 3.63) is 95.1 Å². The summed E-state index contributed by atoms with van der Waals surface area (Å²) in [5, 5.41) is 8.95. The summed E-state index contributed by atoms with van der Waals surface area (Å²) in [5.41, 5.74) is 0.795. The summed E-state index contributed by atoms with van der Waals surface area (Å²) in [5.74, 6) is -1.38. The van der Waals surface area contributed by atoms with Crippen LogP contribution in [0.2, 0.25) is 0 Å². The average Bonchev–Trinajstić information content (AvgIpc) is 3.01. The Morgan fingerprint density at radius 2 is 1.68 bits per heavy atom. The Morgan fingerprint density at radius 1 is 0.977 bits per heavy atom. The van der Waals surface area contributed by atoms with E-state index in [0.717, 1.165) is 17.7 Å². The van der Waals surface area contributed by atoms with Crippen LogP contribution in [0.5, 0.6) is 0 Å². The molecule has 4 heterocycles. The molecule has 0 aliphatic carbocycles. The van der Waals surface area contributed by atoms with Crippen molar-refractivity contribution in [3.8, 4) is 0 Å². The molecule has 0 unspecified atom stereocenters. The molecular formula is C31H33F3N4O6. The fraction of sp³-hybridized carbons (Fsp3) is 0.387. The van der Waals surface area contributed by atoms with Crippen LogP contribution in [0.4, 0.5) is 18.0 Å². The van der Waals surface area contributed by atoms with Crippen LogP contribution in [0.25, 0.3) is 0 Å². The van der Waals surface area contributed by atoms with Gasteiger partial charge in [-0.3, -0.25) is 14.9 Å². The standard InChI is InChI=1S/C23H24F3N3O4.C8H9NO2/c24-23(25,26)18-4-1-16(2-5-18)14-28-10-7-22(8-11-28)9-12-29(21(32)33-22)15-19-6-3-17(13-27-19)20(30)31;1-2-11-8(10)7-4-3-5-9-6-7/h1-6,13H,7-12,14-15H2,(H,30,31);3-6H,2H2,1H3. The van der Waals surface area contributed by atoms with E-state index in [4.69, 9.17) is 14.6 Å². The predicted molar refractivity (Wildman–Crippen MR) is 152 cm³/mol. The summed E-state index contributed by atoms with van der Waals surface area (Å²) in [6.07, 6.45) is 1.62. The number of nitrogens with zero attached hydrogens (tertiary/aromatic N) is 4. The first-order valence-corrected chi connectivity index (χ1v) is 14.1. The van der Waals surface area contributed by atoms with Crippen LogP contribution < -0.4 is 0 Å². The van der Waals surface area contributed by atoms with Gasteiger partial charge in [0.2, 0.25) is 0 Å². The van der Waals surface area contributed by atoms with Gasteiger partial charge in [0, 0.05) is 64.0 Å². The van der Waals surface area contributed by atoms with Crippen LogP contribution in [-0.4, -0.2) is 74.7 Å². The third kappa shape index (κ3) is 8.75. The van der Waals surface area contributed by atoms with Gasteiger partial charge >= 0.3 is 24.2 Å². The molecule has 234 valence electrons. The van der Waals surface area contributed by atoms with Gasteiger partial charge in [0.15, 0.2) is 0 Å². The van der Waals surface area contributed by atoms with Crippen molar-refractivity contribution < 1.29 is 42.1 Å². The number of carbonyl (C=O) groups excluding carboxylic acids is 2. The zero-order valence-corrected chi connectivity index (χ0v) is 24.1. The van der Waals surface area contributed by atoms with E-state index in [1.165, 1.54) is 30.6 Å². The first-order valence-electron chi connectivity index (χ1n) is 14.1. The number of carboxylic acid groups (broad SMARTS) is 1. The van der Waals surface area contributed by atoms with Crippen molar-refractivity contribution in [2.24, 2.45) is 0 Å². The van der Waals surface area contributed by atoms with Crippen molar-refractivity contribution >= 4 is 18.0 Å². The van der Waals surface area contributed by atoms with Gasteiger partial charge in [-0.25, -0.2) is 14.4 Å². The lowest BCUT2D eigenvalue weighted by atomic mass is 9.86. The molecule has 2 fully saturated rings. The third-order valence-electron chi connectivity index (χ3n) is 7.45. The number of esters is 1. The first-order chi connectivity index (χ1) is 21.0. The van der Waals surface area contributed by atoms with Crippen molar-refractivity contribution in [2.75, 3.05) is 26.2 Å². The number of halogens is 3. The van der Waals surface area contributed by atoms with Crippen LogP contribution in [0.1, 0.15) is 63.7 Å². The maximum absolute atomic E-state index is 12.7. The van der Waals surface area contributed by atoms with E-state index >= 15 is 0 Å². The number of carboxylic acids is 1. The quantitative estimate of drug-likeness (QED) is 0.347. The number of ether oxygens (including phenoxy) is 2. The van der Waals surface area contributed by atoms with Gasteiger partial charge in [-0.05, 0) is 48.9 Å². The van der Waals surface area contributed by atoms with Crippen LogP contribution in [-0.2, 0) is 28.7 Å². The second-order valence-electron chi connectivity index (χ2n) is 10.5. The van der Waals surface area contributed by atoms with E-state index in [2.05, 4.69) is 14.9 Å². The zero-order valence-electron chi connectivity index (χ0n) is 24.1. The molecule has 1 N–H and O–H groups in total. The third-order valence-corrected chi connectivity index (χ3v) is 7.45. The van der Waals surface area contributed by atoms with Crippen LogP contribution in [0, 0.1) is 0 Å². The van der Waals surface area contributed by atoms with Crippen molar-refractivity contribution in [3.63, 3.8) is 0 Å². The monoisotopic (exact) mass is 614 g/mol. The Bertz CT molecular complexity index is 1410. The van der Waals surface area contributed by atoms with Gasteiger partial charge in [0.1, 0.15) is 5.60 Å². The lowest BCUT2D eigenvalue weighted by Gasteiger charge is -2.45. The fourth-order valence-corrected chi connectivity index (χ4v) is 4.94. The molecule has 2 saturated heterocycles. The molecule has 0 bridgehead atoms. The Balaban J connectivity index is 0.000000339. The molecule has 44 heavy (non-hydrogen) atoms. The molecule has 0 atom stereocenters. The number of likely N-dealkylation sites (tertiary alicyclic amines) is 1. The molecule has 5 rings (SSSR count). The van der Waals surface area contributed by atoms with Crippen LogP contribution in [0.3, 0.4) is 0 Å². The molecule has 1 amide bonds. The smallest absolute Gasteiger partial charge is 0.416 e. The Morgan fingerprint density at radius 3 is 2.23 bits per heavy atom. The van der Waals surface area contributed by atoms with E-state index in [0.29, 0.717) is 63.3 Å². The highest BCUT2D eigenvalue weighted by Crippen LogP contribution is 2.35. The number of aromatic carboxylic acids is 1. The Kier molecular flexibility index (Phi) is 10.5. The fourth-order valence-electron chi connectivity index (χ4n) is 4.94. The first kappa shape index (κ1) is 32.4. The second kappa shape index (κ2) is 14.3. The van der Waals surface area contributed by atoms with Gasteiger partial charge in [-0.2, -0.15) is 13.2 Å². The minimum Gasteiger partial charge on any atom is -0.478 e. The van der Waals surface area contributed by atoms with Crippen molar-refractivity contribution in [2.45, 2.75) is 51.1 Å². The van der Waals surface area contributed by atoms with E-state index < -0.39 is 29.4 Å². The SMILES string of the molecule is CCOC(=O)c1cccnc1.O=C(O)c1ccc(CN2CCC3(CCN(Cc4ccc(C(F)(F)F)cc4)CC3)OC2=O)nc1. The minimum absolute atomic E-state index is 0.0852. The average molecular weight is 615 g/mol. The topological polar surface area (TPSA) is 122 Å². The van der Waals surface area contributed by atoms with Crippen molar-refractivity contribution in [1.82, 2.24) is 19.8 Å². The number of piperidine rings is 1. The van der Waals surface area contributed by atoms with Crippen molar-refractivity contribution in [1.29, 1.82) is 0 Å². The van der Waals surface area contributed by atoms with Gasteiger partial charge in [0.25, 0.3) is 0 Å². The van der Waals surface area contributed by atoms with E-state index in [9.17, 15) is 27.6 Å². The largest absolute Gasteiger partial charge is 0.478 e. The summed E-state index contributed by atoms with van der Waals surface area (Å²) >= 11 is 0. The Hall–Kier alpha value is -4.52. The van der Waals surface area contributed by atoms with E-state index in [-0.39, 0.29) is 18.1 Å². The van der Waals surface area contributed by atoms with Crippen LogP contribution in [0.15, 0.2) is 67.1 Å². The molecule has 0 saturated carbocycles. The van der Waals surface area contributed by atoms with E-state index in [1.807, 2.05) is 0 Å². The van der Waals surface area contributed by atoms with E-state index in [1.54, 1.807) is 36.2 Å². The number of pyridine rings is 2. The molecule has 0 radical (unpaired) electrons. The lowest BCUT2D eigenvalue weighted by molar-refractivity contribution is -0.137. The zero-order chi connectivity index (χ0) is 31.7. The van der Waals surface area contributed by atoms with Gasteiger partial charge in [-0.1, -0.05) is 12.1 Å². The number of hydrogen-bond donors (Lipinski definition) is 1. The number of hydrogen-bond acceptors (Lipinski definition) is 8. The number of benzene rings is 1. The molecular weight excluding hydrogens is 581 g/mol. The number of aromatic nitrogens is 2. The number of alkyl halides is 3. The number of rotatable bonds is 7. The molecule has 10 nitrogen and oxygen atoms in total. The summed E-state index contributed by atoms with van der Waals surface area (Å²) in [6.45, 7) is 4.85. The lowest BCUT2D eigenvalue weighted by Crippen LogP contribution is -2.54. The van der Waals surface area contributed by atoms with Crippen LogP contribution >= 0.6 is 0 Å². The highest BCUT2D eigenvalue weighted by molar-refractivity contribution is 5.88. The van der Waals surface area contributed by atoms with Gasteiger partial charge in [-0.15, -0.1) is 0 Å². The number of amides is 1. The maximum atomic E-state index is 12.7. The summed E-state index contributed by atoms with van der Waals surface area (Å²) < 4.78 is 48.8. The molecule has 1 spiro atoms. The molecule has 2 aliphatic heterocycles. The normalized spacial score (nSPS) is 16.5. The molecule has 13 heteroatoms. The van der Waals surface area contributed by atoms with Gasteiger partial charge < -0.3 is 19.5 Å². The highest BCUT2D eigenvalue weighted by Gasteiger charge is 2.43. The minimum atomic E-state index is -4.34. The second-order valence-corrected chi connectivity index (χ2v) is 10.5. The predicted octanol–water partition coefficient (Wildman–Crippen LogP) is 5.43. The number of carbonyl (C=O) groups is 3. The molecule has 3 aromatic rings. The highest BCUT2D eigenvalue weighted by atomic mass is 19.4. The summed E-state index contributed by atoms with van der Waals surface area (Å²) in [7, 11) is 0. The molecule has 2 aliphatic rings. The van der Waals surface area contributed by atoms with Gasteiger partial charge in [0.05, 0.1) is 35.5 Å². The summed E-state index contributed by atoms with van der Waals surface area (Å²) in [4.78, 5) is 46.1. The molecule has 2 aromatic heterocycles. The summed E-state index contributed by atoms with van der Waals surface area (Å²) in [6, 6.07) is 11.6. The maximum Gasteiger partial charge on any atom is 0.416 e.